The third kappa shape index (κ3) is 3.33. The van der Waals surface area contributed by atoms with E-state index in [0.717, 1.165) is 7.11 Å². The largest absolute Gasteiger partial charge is 0.573 e. The van der Waals surface area contributed by atoms with Crippen LogP contribution in [0, 0.1) is 0 Å². The maximum absolute atomic E-state index is 12.4. The molecule has 1 N–H and O–H groups in total. The van der Waals surface area contributed by atoms with E-state index < -0.39 is 29.7 Å². The van der Waals surface area contributed by atoms with E-state index >= 15 is 0 Å². The van der Waals surface area contributed by atoms with Crippen molar-refractivity contribution >= 4 is 0 Å². The Balaban J connectivity index is 3.32. The van der Waals surface area contributed by atoms with Gasteiger partial charge in [-0.1, -0.05) is 0 Å². The zero-order valence-electron chi connectivity index (χ0n) is 8.27. The van der Waals surface area contributed by atoms with Gasteiger partial charge < -0.3 is 9.47 Å². The molecule has 0 atom stereocenters. The SMILES string of the molecule is COc1cc(C(F)F)c(OC(F)(F)F)c(=O)[nH]1. The molecule has 0 radical (unpaired) electrons. The van der Waals surface area contributed by atoms with E-state index in [-0.39, 0.29) is 5.88 Å². The molecule has 0 bridgehead atoms. The van der Waals surface area contributed by atoms with E-state index in [2.05, 4.69) is 9.47 Å². The van der Waals surface area contributed by atoms with Gasteiger partial charge >= 0.3 is 6.36 Å². The van der Waals surface area contributed by atoms with Crippen LogP contribution in [0.25, 0.3) is 0 Å². The van der Waals surface area contributed by atoms with Gasteiger partial charge in [0.15, 0.2) is 5.88 Å². The summed E-state index contributed by atoms with van der Waals surface area (Å²) in [6.07, 6.45) is -8.53. The predicted molar refractivity (Wildman–Crippen MR) is 45.3 cm³/mol. The van der Waals surface area contributed by atoms with Gasteiger partial charge in [-0.15, -0.1) is 13.2 Å². The Morgan fingerprint density at radius 1 is 1.35 bits per heavy atom. The van der Waals surface area contributed by atoms with Crippen LogP contribution in [0.15, 0.2) is 10.9 Å². The summed E-state index contributed by atoms with van der Waals surface area (Å²) < 4.78 is 68.3. The molecule has 0 saturated carbocycles. The first-order chi connectivity index (χ1) is 7.74. The monoisotopic (exact) mass is 259 g/mol. The number of halogens is 5. The second-order valence-electron chi connectivity index (χ2n) is 2.80. The quantitative estimate of drug-likeness (QED) is 0.847. The van der Waals surface area contributed by atoms with Crippen LogP contribution < -0.4 is 15.0 Å². The van der Waals surface area contributed by atoms with Crippen LogP contribution in [0.1, 0.15) is 12.0 Å². The molecule has 17 heavy (non-hydrogen) atoms. The number of hydrogen-bond donors (Lipinski definition) is 1. The zero-order chi connectivity index (χ0) is 13.2. The highest BCUT2D eigenvalue weighted by Gasteiger charge is 2.35. The fourth-order valence-electron chi connectivity index (χ4n) is 1.04. The van der Waals surface area contributed by atoms with Crippen LogP contribution in [0.2, 0.25) is 0 Å². The zero-order valence-corrected chi connectivity index (χ0v) is 8.27. The molecule has 0 aliphatic carbocycles. The second kappa shape index (κ2) is 4.60. The van der Waals surface area contributed by atoms with Crippen LogP contribution in [0.3, 0.4) is 0 Å². The van der Waals surface area contributed by atoms with E-state index in [9.17, 15) is 26.7 Å². The van der Waals surface area contributed by atoms with E-state index in [0.29, 0.717) is 6.07 Å². The van der Waals surface area contributed by atoms with E-state index in [1.165, 1.54) is 0 Å². The number of pyridine rings is 1. The molecule has 96 valence electrons. The van der Waals surface area contributed by atoms with Crippen LogP contribution in [-0.4, -0.2) is 18.5 Å². The smallest absolute Gasteiger partial charge is 0.482 e. The van der Waals surface area contributed by atoms with Gasteiger partial charge in [-0.25, -0.2) is 8.78 Å². The molecule has 0 amide bonds. The van der Waals surface area contributed by atoms with E-state index in [4.69, 9.17) is 0 Å². The van der Waals surface area contributed by atoms with Crippen molar-refractivity contribution in [2.45, 2.75) is 12.8 Å². The maximum Gasteiger partial charge on any atom is 0.573 e. The molecule has 0 aromatic carbocycles. The fraction of sp³-hybridized carbons (Fsp3) is 0.375. The minimum Gasteiger partial charge on any atom is -0.482 e. The van der Waals surface area contributed by atoms with Gasteiger partial charge in [0.05, 0.1) is 12.7 Å². The standard InChI is InChI=1S/C8H6F5NO3/c1-16-4-2-3(6(9)10)5(7(15)14-4)17-8(11,12)13/h2,6H,1H3,(H,14,15). The lowest BCUT2D eigenvalue weighted by molar-refractivity contribution is -0.275. The average Bonchev–Trinajstić information content (AvgIpc) is 2.18. The first kappa shape index (κ1) is 13.3. The van der Waals surface area contributed by atoms with Crippen molar-refractivity contribution in [2.24, 2.45) is 0 Å². The van der Waals surface area contributed by atoms with Crippen molar-refractivity contribution in [1.29, 1.82) is 0 Å². The molecule has 1 aromatic rings. The highest BCUT2D eigenvalue weighted by atomic mass is 19.4. The lowest BCUT2D eigenvalue weighted by atomic mass is 10.2. The van der Waals surface area contributed by atoms with E-state index in [1.807, 2.05) is 4.98 Å². The average molecular weight is 259 g/mol. The van der Waals surface area contributed by atoms with Crippen molar-refractivity contribution in [2.75, 3.05) is 7.11 Å². The van der Waals surface area contributed by atoms with Gasteiger partial charge in [-0.3, -0.25) is 9.78 Å². The van der Waals surface area contributed by atoms with Crippen molar-refractivity contribution in [3.05, 3.63) is 22.0 Å². The summed E-state index contributed by atoms with van der Waals surface area (Å²) >= 11 is 0. The fourth-order valence-corrected chi connectivity index (χ4v) is 1.04. The minimum atomic E-state index is -5.23. The van der Waals surface area contributed by atoms with Crippen LogP contribution in [-0.2, 0) is 0 Å². The number of H-pyrrole nitrogens is 1. The second-order valence-corrected chi connectivity index (χ2v) is 2.80. The molecule has 0 aliphatic heterocycles. The summed E-state index contributed by atoms with van der Waals surface area (Å²) in [4.78, 5) is 12.9. The number of hydrogen-bond acceptors (Lipinski definition) is 3. The molecule has 0 fully saturated rings. The van der Waals surface area contributed by atoms with Gasteiger partial charge in [-0.2, -0.15) is 0 Å². The van der Waals surface area contributed by atoms with Crippen molar-refractivity contribution in [3.8, 4) is 11.6 Å². The Morgan fingerprint density at radius 2 is 1.94 bits per heavy atom. The lowest BCUT2D eigenvalue weighted by Crippen LogP contribution is -2.24. The Bertz CT molecular complexity index is 453. The van der Waals surface area contributed by atoms with Crippen molar-refractivity contribution in [1.82, 2.24) is 4.98 Å². The molecule has 0 unspecified atom stereocenters. The molecule has 0 spiro atoms. The molecule has 0 saturated heterocycles. The van der Waals surface area contributed by atoms with Crippen molar-refractivity contribution in [3.63, 3.8) is 0 Å². The lowest BCUT2D eigenvalue weighted by Gasteiger charge is -2.12. The number of aromatic nitrogens is 1. The summed E-state index contributed by atoms with van der Waals surface area (Å²) in [6, 6.07) is 0.563. The number of alkyl halides is 5. The molecular weight excluding hydrogens is 253 g/mol. The number of aromatic amines is 1. The molecule has 0 aliphatic rings. The highest BCUT2D eigenvalue weighted by molar-refractivity contribution is 5.35. The molecule has 1 rings (SSSR count). The summed E-state index contributed by atoms with van der Waals surface area (Å²) in [5, 5.41) is 0. The number of methoxy groups -OCH3 is 1. The minimum absolute atomic E-state index is 0.389. The highest BCUT2D eigenvalue weighted by Crippen LogP contribution is 2.31. The van der Waals surface area contributed by atoms with Crippen LogP contribution in [0.4, 0.5) is 22.0 Å². The molecule has 4 nitrogen and oxygen atoms in total. The third-order valence-electron chi connectivity index (χ3n) is 1.66. The van der Waals surface area contributed by atoms with Gasteiger partial charge in [-0.05, 0) is 0 Å². The Labute approximate surface area is 91.0 Å². The summed E-state index contributed by atoms with van der Waals surface area (Å²) in [5.74, 6) is -1.88. The number of nitrogens with one attached hydrogen (secondary N) is 1. The van der Waals surface area contributed by atoms with Crippen molar-refractivity contribution < 1.29 is 31.4 Å². The third-order valence-corrected chi connectivity index (χ3v) is 1.66. The maximum atomic E-state index is 12.4. The van der Waals surface area contributed by atoms with E-state index in [1.54, 1.807) is 0 Å². The number of rotatable bonds is 3. The Hall–Kier alpha value is -1.80. The normalized spacial score (nSPS) is 11.7. The van der Waals surface area contributed by atoms with Gasteiger partial charge in [0.25, 0.3) is 12.0 Å². The molecular formula is C8H6F5NO3. The number of ether oxygens (including phenoxy) is 2. The molecule has 1 aromatic heterocycles. The Kier molecular flexibility index (Phi) is 3.59. The summed E-state index contributed by atoms with van der Waals surface area (Å²) in [5.41, 5.74) is -2.64. The van der Waals surface area contributed by atoms with Crippen LogP contribution >= 0.6 is 0 Å². The Morgan fingerprint density at radius 3 is 2.35 bits per heavy atom. The van der Waals surface area contributed by atoms with Gasteiger partial charge in [0.2, 0.25) is 5.75 Å². The summed E-state index contributed by atoms with van der Waals surface area (Å²) in [7, 11) is 1.06. The molecule has 9 heteroatoms. The first-order valence-corrected chi connectivity index (χ1v) is 4.09. The summed E-state index contributed by atoms with van der Waals surface area (Å²) in [6.45, 7) is 0. The van der Waals surface area contributed by atoms with Crippen LogP contribution in [0.5, 0.6) is 11.6 Å². The first-order valence-electron chi connectivity index (χ1n) is 4.09. The van der Waals surface area contributed by atoms with Gasteiger partial charge in [0.1, 0.15) is 0 Å². The predicted octanol–water partition coefficient (Wildman–Crippen LogP) is 2.22. The van der Waals surface area contributed by atoms with Gasteiger partial charge in [0, 0.05) is 6.07 Å². The topological polar surface area (TPSA) is 51.3 Å². The molecule has 1 heterocycles.